The van der Waals surface area contributed by atoms with Crippen molar-refractivity contribution in [3.8, 4) is 0 Å². The largest absolute Gasteiger partial charge is 0.372 e. The Morgan fingerprint density at radius 3 is 2.33 bits per heavy atom. The highest BCUT2D eigenvalue weighted by molar-refractivity contribution is 5.81. The summed E-state index contributed by atoms with van der Waals surface area (Å²) in [4.78, 5) is 12.5. The number of carbonyl (C=O) groups is 1. The number of para-hydroxylation sites is 1. The second-order valence-electron chi connectivity index (χ2n) is 5.13. The Hall–Kier alpha value is -2.33. The van der Waals surface area contributed by atoms with Crippen LogP contribution in [0.2, 0.25) is 0 Å². The first-order chi connectivity index (χ1) is 10.3. The van der Waals surface area contributed by atoms with Crippen molar-refractivity contribution in [3.05, 3.63) is 66.2 Å². The number of aliphatic hydroxyl groups is 1. The molecule has 0 bridgehead atoms. The molecule has 1 fully saturated rings. The summed E-state index contributed by atoms with van der Waals surface area (Å²) in [5.41, 5.74) is 1.88. The lowest BCUT2D eigenvalue weighted by Crippen LogP contribution is -2.46. The molecule has 1 aliphatic rings. The van der Waals surface area contributed by atoms with Gasteiger partial charge in [0.15, 0.2) is 0 Å². The van der Waals surface area contributed by atoms with Crippen LogP contribution in [0.4, 0.5) is 5.69 Å². The molecule has 1 aliphatic heterocycles. The molecule has 0 aromatic heterocycles. The maximum absolute atomic E-state index is 12.5. The summed E-state index contributed by atoms with van der Waals surface area (Å²) >= 11 is 0. The van der Waals surface area contributed by atoms with E-state index in [1.165, 1.54) is 5.01 Å². The molecule has 2 aromatic carbocycles. The van der Waals surface area contributed by atoms with E-state index in [2.05, 4.69) is 0 Å². The van der Waals surface area contributed by atoms with Gasteiger partial charge in [0.25, 0.3) is 0 Å². The molecule has 3 rings (SSSR count). The number of aliphatic hydroxyl groups excluding tert-OH is 1. The first-order valence-electron chi connectivity index (χ1n) is 7.12. The van der Waals surface area contributed by atoms with Crippen LogP contribution in [0.5, 0.6) is 0 Å². The van der Waals surface area contributed by atoms with E-state index in [0.717, 1.165) is 11.3 Å². The molecule has 2 aromatic rings. The molecule has 0 spiro atoms. The normalized spacial score (nSPS) is 18.0. The average Bonchev–Trinajstić information content (AvgIpc) is 2.91. The minimum atomic E-state index is -0.749. The van der Waals surface area contributed by atoms with E-state index in [1.807, 2.05) is 65.7 Å². The standard InChI is InChI=1S/C17H18N2O2/c20-16-11-12-18(15-9-5-2-6-10-15)19(16)17(21)13-14-7-3-1-4-8-14/h1-10,16,20H,11-13H2/t16-/m1/s1. The minimum absolute atomic E-state index is 0.0879. The van der Waals surface area contributed by atoms with E-state index in [0.29, 0.717) is 19.4 Å². The zero-order chi connectivity index (χ0) is 14.7. The van der Waals surface area contributed by atoms with E-state index < -0.39 is 6.23 Å². The van der Waals surface area contributed by atoms with Gasteiger partial charge < -0.3 is 5.11 Å². The van der Waals surface area contributed by atoms with Crippen molar-refractivity contribution in [2.24, 2.45) is 0 Å². The van der Waals surface area contributed by atoms with Crippen LogP contribution in [0.1, 0.15) is 12.0 Å². The SMILES string of the molecule is O=C(Cc1ccccc1)N1[C@H](O)CCN1c1ccccc1. The molecular weight excluding hydrogens is 264 g/mol. The zero-order valence-electron chi connectivity index (χ0n) is 11.7. The van der Waals surface area contributed by atoms with E-state index >= 15 is 0 Å². The monoisotopic (exact) mass is 282 g/mol. The molecule has 1 atom stereocenters. The Balaban J connectivity index is 1.79. The van der Waals surface area contributed by atoms with Gasteiger partial charge in [-0.15, -0.1) is 0 Å². The van der Waals surface area contributed by atoms with Crippen molar-refractivity contribution < 1.29 is 9.90 Å². The van der Waals surface area contributed by atoms with Gasteiger partial charge >= 0.3 is 0 Å². The summed E-state index contributed by atoms with van der Waals surface area (Å²) in [7, 11) is 0. The Morgan fingerprint density at radius 1 is 1.05 bits per heavy atom. The summed E-state index contributed by atoms with van der Waals surface area (Å²) in [6, 6.07) is 19.3. The molecule has 1 saturated heterocycles. The average molecular weight is 282 g/mol. The van der Waals surface area contributed by atoms with Crippen LogP contribution in [0.25, 0.3) is 0 Å². The first-order valence-corrected chi connectivity index (χ1v) is 7.12. The van der Waals surface area contributed by atoms with Crippen LogP contribution in [0.3, 0.4) is 0 Å². The number of hydrogen-bond acceptors (Lipinski definition) is 3. The lowest BCUT2D eigenvalue weighted by molar-refractivity contribution is -0.138. The molecule has 0 unspecified atom stereocenters. The maximum atomic E-state index is 12.5. The van der Waals surface area contributed by atoms with Gasteiger partial charge in [-0.2, -0.15) is 0 Å². The fraction of sp³-hybridized carbons (Fsp3) is 0.235. The van der Waals surface area contributed by atoms with Crippen LogP contribution in [-0.2, 0) is 11.2 Å². The van der Waals surface area contributed by atoms with Crippen molar-refractivity contribution in [1.29, 1.82) is 0 Å². The van der Waals surface area contributed by atoms with Crippen molar-refractivity contribution in [1.82, 2.24) is 5.01 Å². The fourth-order valence-corrected chi connectivity index (χ4v) is 2.63. The van der Waals surface area contributed by atoms with Gasteiger partial charge in [0.2, 0.25) is 5.91 Å². The molecule has 4 nitrogen and oxygen atoms in total. The molecule has 1 amide bonds. The number of benzene rings is 2. The first kappa shape index (κ1) is 13.6. The van der Waals surface area contributed by atoms with Crippen molar-refractivity contribution in [3.63, 3.8) is 0 Å². The molecule has 1 heterocycles. The topological polar surface area (TPSA) is 43.8 Å². The van der Waals surface area contributed by atoms with Gasteiger partial charge in [0.05, 0.1) is 12.1 Å². The quantitative estimate of drug-likeness (QED) is 0.938. The number of nitrogens with zero attached hydrogens (tertiary/aromatic N) is 2. The molecule has 0 aliphatic carbocycles. The third-order valence-corrected chi connectivity index (χ3v) is 3.65. The summed E-state index contributed by atoms with van der Waals surface area (Å²) in [6.07, 6.45) is 0.109. The number of hydrazine groups is 1. The maximum Gasteiger partial charge on any atom is 0.247 e. The van der Waals surface area contributed by atoms with Gasteiger partial charge in [-0.25, -0.2) is 5.01 Å². The Labute approximate surface area is 124 Å². The summed E-state index contributed by atoms with van der Waals surface area (Å²) in [6.45, 7) is 0.645. The number of amides is 1. The zero-order valence-corrected chi connectivity index (χ0v) is 11.7. The Kier molecular flexibility index (Phi) is 3.88. The Bertz CT molecular complexity index is 601. The lowest BCUT2D eigenvalue weighted by Gasteiger charge is -2.31. The van der Waals surface area contributed by atoms with Gasteiger partial charge in [-0.05, 0) is 17.7 Å². The van der Waals surface area contributed by atoms with Gasteiger partial charge in [0.1, 0.15) is 6.23 Å². The molecule has 4 heteroatoms. The van der Waals surface area contributed by atoms with Crippen LogP contribution in [-0.4, -0.2) is 28.8 Å². The molecule has 0 radical (unpaired) electrons. The summed E-state index contributed by atoms with van der Waals surface area (Å²) in [5.74, 6) is -0.0879. The minimum Gasteiger partial charge on any atom is -0.372 e. The van der Waals surface area contributed by atoms with Crippen molar-refractivity contribution in [2.75, 3.05) is 11.6 Å². The second kappa shape index (κ2) is 5.97. The van der Waals surface area contributed by atoms with Crippen LogP contribution < -0.4 is 5.01 Å². The third kappa shape index (κ3) is 2.90. The van der Waals surface area contributed by atoms with Gasteiger partial charge in [0, 0.05) is 13.0 Å². The van der Waals surface area contributed by atoms with Crippen molar-refractivity contribution in [2.45, 2.75) is 19.1 Å². The summed E-state index contributed by atoms with van der Waals surface area (Å²) < 4.78 is 0. The molecular formula is C17H18N2O2. The number of rotatable bonds is 3. The Morgan fingerprint density at radius 2 is 1.67 bits per heavy atom. The predicted octanol–water partition coefficient (Wildman–Crippen LogP) is 2.20. The highest BCUT2D eigenvalue weighted by atomic mass is 16.3. The van der Waals surface area contributed by atoms with Crippen molar-refractivity contribution >= 4 is 11.6 Å². The highest BCUT2D eigenvalue weighted by Gasteiger charge is 2.34. The number of carbonyl (C=O) groups excluding carboxylic acids is 1. The summed E-state index contributed by atoms with van der Waals surface area (Å²) in [5, 5.41) is 13.5. The molecule has 108 valence electrons. The van der Waals surface area contributed by atoms with Crippen LogP contribution in [0, 0.1) is 0 Å². The molecule has 21 heavy (non-hydrogen) atoms. The highest BCUT2D eigenvalue weighted by Crippen LogP contribution is 2.25. The van der Waals surface area contributed by atoms with E-state index in [-0.39, 0.29) is 5.91 Å². The second-order valence-corrected chi connectivity index (χ2v) is 5.13. The van der Waals surface area contributed by atoms with Gasteiger partial charge in [-0.3, -0.25) is 9.80 Å². The van der Waals surface area contributed by atoms with E-state index in [1.54, 1.807) is 0 Å². The molecule has 1 N–H and O–H groups in total. The molecule has 0 saturated carbocycles. The van der Waals surface area contributed by atoms with Crippen LogP contribution in [0.15, 0.2) is 60.7 Å². The third-order valence-electron chi connectivity index (χ3n) is 3.65. The number of hydrogen-bond donors (Lipinski definition) is 1. The van der Waals surface area contributed by atoms with E-state index in [9.17, 15) is 9.90 Å². The van der Waals surface area contributed by atoms with Crippen LogP contribution >= 0.6 is 0 Å². The number of anilines is 1. The van der Waals surface area contributed by atoms with E-state index in [4.69, 9.17) is 0 Å². The smallest absolute Gasteiger partial charge is 0.247 e. The lowest BCUT2D eigenvalue weighted by atomic mass is 10.1. The van der Waals surface area contributed by atoms with Gasteiger partial charge in [-0.1, -0.05) is 48.5 Å². The predicted molar refractivity (Wildman–Crippen MR) is 81.4 cm³/mol. The fourth-order valence-electron chi connectivity index (χ4n) is 2.63.